The first-order chi connectivity index (χ1) is 14.6. The minimum Gasteiger partial charge on any atom is -0.497 e. The van der Waals surface area contributed by atoms with Crippen molar-refractivity contribution in [1.82, 2.24) is 14.8 Å². The normalized spacial score (nSPS) is 10.9. The van der Waals surface area contributed by atoms with Crippen LogP contribution in [0.5, 0.6) is 5.75 Å². The van der Waals surface area contributed by atoms with Gasteiger partial charge in [0.25, 0.3) is 5.22 Å². The van der Waals surface area contributed by atoms with Crippen LogP contribution in [-0.4, -0.2) is 33.4 Å². The zero-order valence-electron chi connectivity index (χ0n) is 17.0. The average molecular weight is 420 g/mol. The number of ether oxygens (including phenoxy) is 1. The lowest BCUT2D eigenvalue weighted by atomic mass is 10.2. The summed E-state index contributed by atoms with van der Waals surface area (Å²) in [7, 11) is 1.64. The van der Waals surface area contributed by atoms with Crippen molar-refractivity contribution < 1.29 is 13.9 Å². The minimum atomic E-state index is 0.0207. The second-order valence-electron chi connectivity index (χ2n) is 6.77. The molecule has 0 aliphatic carbocycles. The van der Waals surface area contributed by atoms with E-state index in [-0.39, 0.29) is 11.5 Å². The molecule has 0 bridgehead atoms. The maximum atomic E-state index is 12.9. The van der Waals surface area contributed by atoms with Gasteiger partial charge in [0, 0.05) is 28.2 Å². The van der Waals surface area contributed by atoms with Crippen molar-refractivity contribution >= 4 is 17.5 Å². The first-order valence-electron chi connectivity index (χ1n) is 9.45. The summed E-state index contributed by atoms with van der Waals surface area (Å²) in [4.78, 5) is 12.9. The molecule has 0 saturated heterocycles. The largest absolute Gasteiger partial charge is 0.497 e. The van der Waals surface area contributed by atoms with Gasteiger partial charge in [0.05, 0.1) is 12.9 Å². The van der Waals surface area contributed by atoms with Crippen molar-refractivity contribution in [3.05, 3.63) is 77.6 Å². The molecule has 0 aliphatic rings. The Bertz CT molecular complexity index is 1160. The lowest BCUT2D eigenvalue weighted by molar-refractivity contribution is 0.102. The van der Waals surface area contributed by atoms with Crippen LogP contribution in [0.2, 0.25) is 0 Å². The lowest BCUT2D eigenvalue weighted by Crippen LogP contribution is -2.05. The third kappa shape index (κ3) is 4.02. The van der Waals surface area contributed by atoms with Crippen LogP contribution in [0.15, 0.2) is 70.3 Å². The number of hydrogen-bond donors (Lipinski definition) is 0. The van der Waals surface area contributed by atoms with Crippen molar-refractivity contribution in [3.8, 4) is 22.9 Å². The minimum absolute atomic E-state index is 0.0207. The van der Waals surface area contributed by atoms with Gasteiger partial charge < -0.3 is 13.7 Å². The SMILES string of the molecule is COc1ccc(-n2c(C)cc(C(=O)CSc3nnc(-c4ccccc4)o3)c2C)cc1. The highest BCUT2D eigenvalue weighted by atomic mass is 32.2. The maximum absolute atomic E-state index is 12.9. The van der Waals surface area contributed by atoms with E-state index in [2.05, 4.69) is 14.8 Å². The van der Waals surface area contributed by atoms with Crippen LogP contribution in [0.4, 0.5) is 0 Å². The molecule has 0 N–H and O–H groups in total. The van der Waals surface area contributed by atoms with Crippen LogP contribution < -0.4 is 4.74 Å². The molecule has 2 aromatic carbocycles. The number of ketones is 1. The summed E-state index contributed by atoms with van der Waals surface area (Å²) in [6.45, 7) is 3.95. The highest BCUT2D eigenvalue weighted by molar-refractivity contribution is 7.99. The van der Waals surface area contributed by atoms with Crippen molar-refractivity contribution in [1.29, 1.82) is 0 Å². The van der Waals surface area contributed by atoms with Crippen molar-refractivity contribution in [3.63, 3.8) is 0 Å². The zero-order valence-corrected chi connectivity index (χ0v) is 17.8. The fourth-order valence-electron chi connectivity index (χ4n) is 3.34. The van der Waals surface area contributed by atoms with Gasteiger partial charge in [0.15, 0.2) is 5.78 Å². The van der Waals surface area contributed by atoms with Crippen molar-refractivity contribution in [2.75, 3.05) is 12.9 Å². The Morgan fingerprint density at radius 1 is 1.07 bits per heavy atom. The molecule has 4 aromatic rings. The first kappa shape index (κ1) is 20.0. The number of aromatic nitrogens is 3. The van der Waals surface area contributed by atoms with Crippen molar-refractivity contribution in [2.45, 2.75) is 19.1 Å². The summed E-state index contributed by atoms with van der Waals surface area (Å²) in [5.74, 6) is 1.49. The van der Waals surface area contributed by atoms with Gasteiger partial charge in [-0.2, -0.15) is 0 Å². The number of rotatable bonds is 7. The molecule has 4 rings (SSSR count). The summed E-state index contributed by atoms with van der Waals surface area (Å²) < 4.78 is 13.0. The third-order valence-electron chi connectivity index (χ3n) is 4.82. The van der Waals surface area contributed by atoms with E-state index in [9.17, 15) is 4.79 Å². The van der Waals surface area contributed by atoms with Crippen LogP contribution in [0.25, 0.3) is 17.1 Å². The maximum Gasteiger partial charge on any atom is 0.277 e. The van der Waals surface area contributed by atoms with Crippen LogP contribution >= 0.6 is 11.8 Å². The highest BCUT2D eigenvalue weighted by Crippen LogP contribution is 2.26. The number of thioether (sulfide) groups is 1. The molecule has 0 radical (unpaired) electrons. The van der Waals surface area contributed by atoms with Gasteiger partial charge in [0.2, 0.25) is 5.89 Å². The Morgan fingerprint density at radius 2 is 1.80 bits per heavy atom. The highest BCUT2D eigenvalue weighted by Gasteiger charge is 2.18. The van der Waals surface area contributed by atoms with E-state index < -0.39 is 0 Å². The van der Waals surface area contributed by atoms with Gasteiger partial charge in [0.1, 0.15) is 5.75 Å². The molecule has 0 amide bonds. The number of methoxy groups -OCH3 is 1. The first-order valence-corrected chi connectivity index (χ1v) is 10.4. The molecule has 0 atom stereocenters. The van der Waals surface area contributed by atoms with Crippen molar-refractivity contribution in [2.24, 2.45) is 0 Å². The molecule has 0 aliphatic heterocycles. The molecule has 0 unspecified atom stereocenters. The molecule has 30 heavy (non-hydrogen) atoms. The number of carbonyl (C=O) groups is 1. The Morgan fingerprint density at radius 3 is 2.50 bits per heavy atom. The fourth-order valence-corrected chi connectivity index (χ4v) is 3.99. The Kier molecular flexibility index (Phi) is 5.72. The van der Waals surface area contributed by atoms with Gasteiger partial charge in [-0.1, -0.05) is 30.0 Å². The van der Waals surface area contributed by atoms with E-state index in [0.29, 0.717) is 16.7 Å². The van der Waals surface area contributed by atoms with Crippen LogP contribution in [0.3, 0.4) is 0 Å². The summed E-state index contributed by atoms with van der Waals surface area (Å²) in [6, 6.07) is 19.3. The molecular formula is C23H21N3O3S. The zero-order chi connectivity index (χ0) is 21.1. The summed E-state index contributed by atoms with van der Waals surface area (Å²) >= 11 is 1.25. The number of carbonyl (C=O) groups excluding carboxylic acids is 1. The molecule has 0 saturated carbocycles. The second-order valence-corrected chi connectivity index (χ2v) is 7.70. The number of benzene rings is 2. The van der Waals surface area contributed by atoms with E-state index >= 15 is 0 Å². The molecule has 2 heterocycles. The van der Waals surface area contributed by atoms with Gasteiger partial charge in [-0.15, -0.1) is 10.2 Å². The average Bonchev–Trinajstić information content (AvgIpc) is 3.37. The summed E-state index contributed by atoms with van der Waals surface area (Å²) in [5.41, 5.74) is 4.43. The van der Waals surface area contributed by atoms with E-state index in [0.717, 1.165) is 28.4 Å². The molecule has 0 spiro atoms. The van der Waals surface area contributed by atoms with E-state index in [1.807, 2.05) is 74.5 Å². The third-order valence-corrected chi connectivity index (χ3v) is 5.63. The fraction of sp³-hybridized carbons (Fsp3) is 0.174. The smallest absolute Gasteiger partial charge is 0.277 e. The second kappa shape index (κ2) is 8.59. The summed E-state index contributed by atoms with van der Waals surface area (Å²) in [6.07, 6.45) is 0. The molecule has 2 aromatic heterocycles. The number of hydrogen-bond acceptors (Lipinski definition) is 6. The van der Waals surface area contributed by atoms with Crippen LogP contribution in [0.1, 0.15) is 21.7 Å². The Labute approximate surface area is 178 Å². The summed E-state index contributed by atoms with van der Waals surface area (Å²) in [5, 5.41) is 8.49. The molecular weight excluding hydrogens is 398 g/mol. The van der Waals surface area contributed by atoms with E-state index in [4.69, 9.17) is 9.15 Å². The van der Waals surface area contributed by atoms with E-state index in [1.54, 1.807) is 7.11 Å². The lowest BCUT2D eigenvalue weighted by Gasteiger charge is -2.10. The number of Topliss-reactive ketones (excluding diaryl/α,β-unsaturated/α-hetero) is 1. The Hall–Kier alpha value is -3.32. The predicted molar refractivity (Wildman–Crippen MR) is 117 cm³/mol. The van der Waals surface area contributed by atoms with Crippen LogP contribution in [0, 0.1) is 13.8 Å². The van der Waals surface area contributed by atoms with Gasteiger partial charge in [-0.05, 0) is 56.3 Å². The number of aryl methyl sites for hydroxylation is 1. The standard InChI is InChI=1S/C23H21N3O3S/c1-15-13-20(16(2)26(15)18-9-11-19(28-3)12-10-18)21(27)14-30-23-25-24-22(29-23)17-7-5-4-6-8-17/h4-13H,14H2,1-3H3. The Balaban J connectivity index is 1.48. The van der Waals surface area contributed by atoms with E-state index in [1.165, 1.54) is 11.8 Å². The van der Waals surface area contributed by atoms with Gasteiger partial charge >= 0.3 is 0 Å². The molecule has 6 nitrogen and oxygen atoms in total. The number of nitrogens with zero attached hydrogens (tertiary/aromatic N) is 3. The predicted octanol–water partition coefficient (Wildman–Crippen LogP) is 5.13. The topological polar surface area (TPSA) is 70.2 Å². The van der Waals surface area contributed by atoms with Gasteiger partial charge in [-0.3, -0.25) is 4.79 Å². The molecule has 152 valence electrons. The van der Waals surface area contributed by atoms with Gasteiger partial charge in [-0.25, -0.2) is 0 Å². The molecule has 0 fully saturated rings. The quantitative estimate of drug-likeness (QED) is 0.306. The van der Waals surface area contributed by atoms with Crippen LogP contribution in [-0.2, 0) is 0 Å². The molecule has 7 heteroatoms. The monoisotopic (exact) mass is 419 g/mol.